The number of urea groups is 1. The fraction of sp³-hybridized carbons (Fsp3) is 0.778. The number of amides is 2. The molecule has 3 N–H and O–H groups in total. The van der Waals surface area contributed by atoms with Crippen molar-refractivity contribution in [1.82, 2.24) is 9.80 Å². The van der Waals surface area contributed by atoms with E-state index in [1.54, 1.807) is 0 Å². The van der Waals surface area contributed by atoms with E-state index in [4.69, 9.17) is 15.3 Å². The van der Waals surface area contributed by atoms with Crippen molar-refractivity contribution in [2.24, 2.45) is 0 Å². The Balaban J connectivity index is 4.52. The van der Waals surface area contributed by atoms with E-state index < -0.39 is 18.0 Å². The SMILES string of the molecule is CC(C(=O)O)N(C)C(=O)N(CCO)CCO. The number of aliphatic hydroxyl groups is 2. The molecule has 0 bridgehead atoms. The quantitative estimate of drug-likeness (QED) is 0.535. The number of carbonyl (C=O) groups is 2. The van der Waals surface area contributed by atoms with Crippen LogP contribution in [0.4, 0.5) is 4.79 Å². The van der Waals surface area contributed by atoms with Crippen molar-refractivity contribution < 1.29 is 24.9 Å². The van der Waals surface area contributed by atoms with Crippen LogP contribution in [0.1, 0.15) is 6.92 Å². The maximum absolute atomic E-state index is 11.7. The van der Waals surface area contributed by atoms with Gasteiger partial charge in [0.2, 0.25) is 0 Å². The topological polar surface area (TPSA) is 101 Å². The second-order valence-electron chi connectivity index (χ2n) is 3.34. The molecule has 0 aromatic carbocycles. The summed E-state index contributed by atoms with van der Waals surface area (Å²) in [5.41, 5.74) is 0. The molecule has 0 aliphatic rings. The predicted molar refractivity (Wildman–Crippen MR) is 56.0 cm³/mol. The highest BCUT2D eigenvalue weighted by Crippen LogP contribution is 2.02. The van der Waals surface area contributed by atoms with Crippen LogP contribution in [0.25, 0.3) is 0 Å². The number of carboxylic acid groups (broad SMARTS) is 1. The molecular weight excluding hydrogens is 216 g/mol. The molecule has 7 nitrogen and oxygen atoms in total. The van der Waals surface area contributed by atoms with Crippen LogP contribution in [0.2, 0.25) is 0 Å². The third-order valence-corrected chi connectivity index (χ3v) is 2.25. The Kier molecular flexibility index (Phi) is 6.43. The van der Waals surface area contributed by atoms with Crippen molar-refractivity contribution in [2.45, 2.75) is 13.0 Å². The molecule has 7 heteroatoms. The maximum atomic E-state index is 11.7. The molecule has 1 unspecified atom stereocenters. The Morgan fingerprint density at radius 1 is 1.19 bits per heavy atom. The molecule has 0 heterocycles. The molecule has 0 saturated heterocycles. The smallest absolute Gasteiger partial charge is 0.326 e. The minimum atomic E-state index is -1.11. The lowest BCUT2D eigenvalue weighted by Gasteiger charge is -2.29. The van der Waals surface area contributed by atoms with Gasteiger partial charge in [0.1, 0.15) is 6.04 Å². The Morgan fingerprint density at radius 2 is 1.62 bits per heavy atom. The van der Waals surface area contributed by atoms with Gasteiger partial charge in [-0.1, -0.05) is 0 Å². The van der Waals surface area contributed by atoms with Crippen LogP contribution < -0.4 is 0 Å². The third-order valence-electron chi connectivity index (χ3n) is 2.25. The number of rotatable bonds is 6. The zero-order chi connectivity index (χ0) is 12.7. The summed E-state index contributed by atoms with van der Waals surface area (Å²) in [6.07, 6.45) is 0. The van der Waals surface area contributed by atoms with Gasteiger partial charge in [-0.2, -0.15) is 0 Å². The molecular formula is C9H18N2O5. The van der Waals surface area contributed by atoms with Crippen molar-refractivity contribution >= 4 is 12.0 Å². The van der Waals surface area contributed by atoms with Gasteiger partial charge in [0.25, 0.3) is 0 Å². The molecule has 0 fully saturated rings. The molecule has 1 atom stereocenters. The standard InChI is InChI=1S/C9H18N2O5/c1-7(8(14)15)10(2)9(16)11(3-5-12)4-6-13/h7,12-13H,3-6H2,1-2H3,(H,14,15). The van der Waals surface area contributed by atoms with E-state index >= 15 is 0 Å². The van der Waals surface area contributed by atoms with Gasteiger partial charge in [-0.15, -0.1) is 0 Å². The van der Waals surface area contributed by atoms with E-state index in [1.165, 1.54) is 18.9 Å². The van der Waals surface area contributed by atoms with Crippen LogP contribution in [-0.2, 0) is 4.79 Å². The normalized spacial score (nSPS) is 12.0. The van der Waals surface area contributed by atoms with E-state index in [9.17, 15) is 9.59 Å². The second kappa shape index (κ2) is 7.02. The summed E-state index contributed by atoms with van der Waals surface area (Å²) in [6.45, 7) is 1.05. The first-order valence-electron chi connectivity index (χ1n) is 4.92. The first-order chi connectivity index (χ1) is 7.45. The number of hydrogen-bond acceptors (Lipinski definition) is 4. The van der Waals surface area contributed by atoms with Crippen molar-refractivity contribution in [3.8, 4) is 0 Å². The number of likely N-dealkylation sites (N-methyl/N-ethyl adjacent to an activating group) is 1. The summed E-state index contributed by atoms with van der Waals surface area (Å²) in [4.78, 5) is 24.7. The first-order valence-corrected chi connectivity index (χ1v) is 4.92. The Bertz CT molecular complexity index is 240. The molecule has 0 aliphatic heterocycles. The van der Waals surface area contributed by atoms with Crippen LogP contribution in [0.5, 0.6) is 0 Å². The molecule has 0 radical (unpaired) electrons. The summed E-state index contributed by atoms with van der Waals surface area (Å²) in [5.74, 6) is -1.11. The predicted octanol–water partition coefficient (Wildman–Crippen LogP) is -1.20. The summed E-state index contributed by atoms with van der Waals surface area (Å²) in [5, 5.41) is 26.2. The second-order valence-corrected chi connectivity index (χ2v) is 3.34. The lowest BCUT2D eigenvalue weighted by molar-refractivity contribution is -0.141. The zero-order valence-electron chi connectivity index (χ0n) is 9.46. The maximum Gasteiger partial charge on any atom is 0.326 e. The lowest BCUT2D eigenvalue weighted by atomic mass is 10.3. The van der Waals surface area contributed by atoms with Crippen LogP contribution >= 0.6 is 0 Å². The molecule has 0 saturated carbocycles. The van der Waals surface area contributed by atoms with Crippen molar-refractivity contribution in [3.63, 3.8) is 0 Å². The van der Waals surface area contributed by atoms with Gasteiger partial charge < -0.3 is 25.1 Å². The largest absolute Gasteiger partial charge is 0.480 e. The van der Waals surface area contributed by atoms with Gasteiger partial charge in [-0.3, -0.25) is 0 Å². The van der Waals surface area contributed by atoms with Crippen molar-refractivity contribution in [2.75, 3.05) is 33.4 Å². The van der Waals surface area contributed by atoms with Gasteiger partial charge in [-0.05, 0) is 6.92 Å². The highest BCUT2D eigenvalue weighted by molar-refractivity contribution is 5.82. The highest BCUT2D eigenvalue weighted by Gasteiger charge is 2.25. The number of carbonyl (C=O) groups excluding carboxylic acids is 1. The summed E-state index contributed by atoms with van der Waals surface area (Å²) in [6, 6.07) is -1.48. The van der Waals surface area contributed by atoms with E-state index in [0.717, 1.165) is 4.90 Å². The van der Waals surface area contributed by atoms with Gasteiger partial charge in [-0.25, -0.2) is 9.59 Å². The van der Waals surface area contributed by atoms with E-state index in [2.05, 4.69) is 0 Å². The number of hydrogen-bond donors (Lipinski definition) is 3. The summed E-state index contributed by atoms with van der Waals surface area (Å²) < 4.78 is 0. The number of aliphatic carboxylic acids is 1. The third kappa shape index (κ3) is 4.03. The zero-order valence-corrected chi connectivity index (χ0v) is 9.46. The van der Waals surface area contributed by atoms with Crippen LogP contribution in [0.15, 0.2) is 0 Å². The summed E-state index contributed by atoms with van der Waals surface area (Å²) in [7, 11) is 1.36. The van der Waals surface area contributed by atoms with E-state index in [0.29, 0.717) is 0 Å². The average molecular weight is 234 g/mol. The highest BCUT2D eigenvalue weighted by atomic mass is 16.4. The number of carboxylic acids is 1. The Labute approximate surface area is 93.9 Å². The molecule has 0 aromatic rings. The van der Waals surface area contributed by atoms with E-state index in [-0.39, 0.29) is 26.3 Å². The molecule has 2 amide bonds. The van der Waals surface area contributed by atoms with Crippen LogP contribution in [0.3, 0.4) is 0 Å². The fourth-order valence-electron chi connectivity index (χ4n) is 1.10. The Hall–Kier alpha value is -1.34. The van der Waals surface area contributed by atoms with Gasteiger partial charge in [0.05, 0.1) is 13.2 Å². The molecule has 0 aliphatic carbocycles. The average Bonchev–Trinajstić information content (AvgIpc) is 2.25. The lowest BCUT2D eigenvalue weighted by Crippen LogP contribution is -2.49. The van der Waals surface area contributed by atoms with Crippen LogP contribution in [0, 0.1) is 0 Å². The monoisotopic (exact) mass is 234 g/mol. The van der Waals surface area contributed by atoms with Crippen molar-refractivity contribution in [1.29, 1.82) is 0 Å². The molecule has 0 spiro atoms. The first kappa shape index (κ1) is 14.7. The van der Waals surface area contributed by atoms with Gasteiger partial charge in [0.15, 0.2) is 0 Å². The number of nitrogens with zero attached hydrogens (tertiary/aromatic N) is 2. The molecule has 16 heavy (non-hydrogen) atoms. The molecule has 0 aromatic heterocycles. The van der Waals surface area contributed by atoms with E-state index in [1.807, 2.05) is 0 Å². The minimum Gasteiger partial charge on any atom is -0.480 e. The minimum absolute atomic E-state index is 0.0655. The Morgan fingerprint density at radius 3 is 1.94 bits per heavy atom. The van der Waals surface area contributed by atoms with Gasteiger partial charge in [0, 0.05) is 20.1 Å². The van der Waals surface area contributed by atoms with Gasteiger partial charge >= 0.3 is 12.0 Å². The summed E-state index contributed by atoms with van der Waals surface area (Å²) >= 11 is 0. The molecule has 0 rings (SSSR count). The molecule has 94 valence electrons. The fourth-order valence-corrected chi connectivity index (χ4v) is 1.10. The van der Waals surface area contributed by atoms with Crippen LogP contribution in [-0.4, -0.2) is 76.5 Å². The number of aliphatic hydroxyl groups excluding tert-OH is 2. The van der Waals surface area contributed by atoms with Crippen molar-refractivity contribution in [3.05, 3.63) is 0 Å².